The van der Waals surface area contributed by atoms with Crippen molar-refractivity contribution >= 4 is 10.9 Å². The highest BCUT2D eigenvalue weighted by atomic mass is 15.2. The van der Waals surface area contributed by atoms with Crippen molar-refractivity contribution < 1.29 is 4.90 Å². The Bertz CT molecular complexity index is 893. The van der Waals surface area contributed by atoms with Gasteiger partial charge in [-0.05, 0) is 23.6 Å². The monoisotopic (exact) mass is 331 g/mol. The summed E-state index contributed by atoms with van der Waals surface area (Å²) in [4.78, 5) is 1.82. The Morgan fingerprint density at radius 3 is 2.68 bits per heavy atom. The lowest BCUT2D eigenvalue weighted by molar-refractivity contribution is -0.943. The normalized spacial score (nSPS) is 25.6. The zero-order valence-corrected chi connectivity index (χ0v) is 15.0. The third-order valence-corrected chi connectivity index (χ3v) is 6.38. The zero-order valence-electron chi connectivity index (χ0n) is 15.0. The molecule has 0 saturated carbocycles. The van der Waals surface area contributed by atoms with Crippen molar-refractivity contribution in [1.82, 2.24) is 4.57 Å². The van der Waals surface area contributed by atoms with Gasteiger partial charge in [-0.3, -0.25) is 0 Å². The fraction of sp³-hybridized carbons (Fsp3) is 0.391. The van der Waals surface area contributed by atoms with E-state index in [4.69, 9.17) is 0 Å². The molecule has 128 valence electrons. The van der Waals surface area contributed by atoms with Crippen LogP contribution in [0, 0.1) is 5.92 Å². The minimum absolute atomic E-state index is 0.691. The number of para-hydroxylation sites is 1. The number of quaternary nitrogens is 1. The molecule has 1 N–H and O–H groups in total. The maximum absolute atomic E-state index is 2.64. The van der Waals surface area contributed by atoms with Crippen LogP contribution in [0.2, 0.25) is 0 Å². The smallest absolute Gasteiger partial charge is 0.129 e. The van der Waals surface area contributed by atoms with Crippen molar-refractivity contribution in [3.05, 3.63) is 71.4 Å². The van der Waals surface area contributed by atoms with Gasteiger partial charge in [-0.1, -0.05) is 55.5 Å². The first kappa shape index (κ1) is 15.2. The summed E-state index contributed by atoms with van der Waals surface area (Å²) in [5.74, 6) is 0.875. The van der Waals surface area contributed by atoms with Crippen LogP contribution in [-0.4, -0.2) is 17.7 Å². The zero-order chi connectivity index (χ0) is 16.8. The Kier molecular flexibility index (Phi) is 3.67. The minimum Gasteiger partial charge on any atom is -0.335 e. The van der Waals surface area contributed by atoms with Crippen LogP contribution in [0.4, 0.5) is 0 Å². The maximum Gasteiger partial charge on any atom is 0.129 e. The van der Waals surface area contributed by atoms with Gasteiger partial charge in [-0.25, -0.2) is 0 Å². The highest BCUT2D eigenvalue weighted by molar-refractivity contribution is 5.86. The summed E-state index contributed by atoms with van der Waals surface area (Å²) in [6, 6.07) is 20.7. The second-order valence-corrected chi connectivity index (χ2v) is 8.05. The van der Waals surface area contributed by atoms with E-state index < -0.39 is 0 Å². The number of piperidine rings is 1. The van der Waals surface area contributed by atoms with Crippen LogP contribution in [0.25, 0.3) is 10.9 Å². The van der Waals surface area contributed by atoms with Gasteiger partial charge in [0.2, 0.25) is 0 Å². The highest BCUT2D eigenvalue weighted by Gasteiger charge is 2.39. The van der Waals surface area contributed by atoms with Gasteiger partial charge in [-0.15, -0.1) is 0 Å². The molecule has 1 saturated heterocycles. The molecule has 2 aliphatic heterocycles. The van der Waals surface area contributed by atoms with Gasteiger partial charge >= 0.3 is 0 Å². The molecule has 25 heavy (non-hydrogen) atoms. The lowest BCUT2D eigenvalue weighted by Crippen LogP contribution is -3.14. The van der Waals surface area contributed by atoms with E-state index in [-0.39, 0.29) is 0 Å². The standard InChI is InChI=1S/C23H26N2/c1-17-11-12-22-23-20(13-14-24(22)15-17)19-9-5-6-10-21(19)25(23)16-18-7-3-2-4-8-18/h2-10,17,22H,11-16H2,1H3/p+1/t17-,22-/m0/s1. The highest BCUT2D eigenvalue weighted by Crippen LogP contribution is 2.35. The van der Waals surface area contributed by atoms with E-state index in [2.05, 4.69) is 66.1 Å². The molecule has 2 nitrogen and oxygen atoms in total. The molecule has 1 aromatic heterocycles. The second kappa shape index (κ2) is 6.03. The average molecular weight is 331 g/mol. The molecule has 3 aromatic rings. The summed E-state index contributed by atoms with van der Waals surface area (Å²) in [6.07, 6.45) is 3.95. The lowest BCUT2D eigenvalue weighted by atomic mass is 9.87. The van der Waals surface area contributed by atoms with Crippen LogP contribution in [0.5, 0.6) is 0 Å². The Morgan fingerprint density at radius 1 is 1.00 bits per heavy atom. The number of nitrogens with zero attached hydrogens (tertiary/aromatic N) is 1. The molecule has 0 spiro atoms. The van der Waals surface area contributed by atoms with Crippen LogP contribution in [0.15, 0.2) is 54.6 Å². The van der Waals surface area contributed by atoms with E-state index in [0.29, 0.717) is 6.04 Å². The van der Waals surface area contributed by atoms with Gasteiger partial charge in [-0.2, -0.15) is 0 Å². The van der Waals surface area contributed by atoms with E-state index in [9.17, 15) is 0 Å². The van der Waals surface area contributed by atoms with E-state index in [1.54, 1.807) is 11.3 Å². The van der Waals surface area contributed by atoms with Crippen LogP contribution in [0.3, 0.4) is 0 Å². The summed E-state index contributed by atoms with van der Waals surface area (Å²) >= 11 is 0. The van der Waals surface area contributed by atoms with Crippen molar-refractivity contribution in [2.45, 2.75) is 38.8 Å². The molecule has 2 aromatic carbocycles. The molecule has 1 unspecified atom stereocenters. The number of aromatic nitrogens is 1. The topological polar surface area (TPSA) is 9.37 Å². The molecule has 3 atom stereocenters. The largest absolute Gasteiger partial charge is 0.335 e. The van der Waals surface area contributed by atoms with E-state index in [1.165, 1.54) is 48.8 Å². The number of nitrogens with one attached hydrogen (secondary N) is 1. The lowest BCUT2D eigenvalue weighted by Gasteiger charge is -2.39. The summed E-state index contributed by atoms with van der Waals surface area (Å²) in [5, 5.41) is 1.49. The second-order valence-electron chi connectivity index (χ2n) is 8.05. The van der Waals surface area contributed by atoms with Crippen LogP contribution in [0.1, 0.15) is 42.6 Å². The van der Waals surface area contributed by atoms with Crippen LogP contribution in [-0.2, 0) is 13.0 Å². The van der Waals surface area contributed by atoms with Crippen molar-refractivity contribution in [3.8, 4) is 0 Å². The Labute approximate surface area is 150 Å². The molecule has 2 aliphatic rings. The average Bonchev–Trinajstić information content (AvgIpc) is 2.97. The van der Waals surface area contributed by atoms with E-state index in [1.807, 2.05) is 4.90 Å². The number of hydrogen-bond acceptors (Lipinski definition) is 0. The first-order valence-corrected chi connectivity index (χ1v) is 9.80. The summed E-state index contributed by atoms with van der Waals surface area (Å²) in [5.41, 5.74) is 6.10. The third kappa shape index (κ3) is 2.51. The van der Waals surface area contributed by atoms with Gasteiger partial charge < -0.3 is 9.47 Å². The molecular formula is C23H27N2+. The first-order chi connectivity index (χ1) is 12.3. The Hall–Kier alpha value is -2.06. The van der Waals surface area contributed by atoms with Gasteiger partial charge in [0.25, 0.3) is 0 Å². The number of benzene rings is 2. The predicted octanol–water partition coefficient (Wildman–Crippen LogP) is 3.60. The van der Waals surface area contributed by atoms with Crippen molar-refractivity contribution in [3.63, 3.8) is 0 Å². The predicted molar refractivity (Wildman–Crippen MR) is 103 cm³/mol. The number of rotatable bonds is 2. The van der Waals surface area contributed by atoms with E-state index >= 15 is 0 Å². The van der Waals surface area contributed by atoms with Gasteiger partial charge in [0.1, 0.15) is 6.04 Å². The number of hydrogen-bond donors (Lipinski definition) is 1. The molecular weight excluding hydrogens is 304 g/mol. The van der Waals surface area contributed by atoms with Crippen LogP contribution < -0.4 is 4.90 Å². The molecule has 0 aliphatic carbocycles. The van der Waals surface area contributed by atoms with Crippen molar-refractivity contribution in [2.24, 2.45) is 5.92 Å². The Balaban J connectivity index is 1.67. The molecule has 1 fully saturated rings. The molecule has 0 amide bonds. The van der Waals surface area contributed by atoms with Gasteiger partial charge in [0.05, 0.1) is 18.8 Å². The summed E-state index contributed by atoms with van der Waals surface area (Å²) < 4.78 is 2.64. The molecule has 3 heterocycles. The SMILES string of the molecule is C[C@H]1CC[C@H]2c3c(c4ccccc4n3Cc3ccccc3)CC[NH+]2C1. The fourth-order valence-electron chi connectivity index (χ4n) is 5.23. The fourth-order valence-corrected chi connectivity index (χ4v) is 5.23. The summed E-state index contributed by atoms with van der Waals surface area (Å²) in [7, 11) is 0. The summed E-state index contributed by atoms with van der Waals surface area (Å²) in [6.45, 7) is 6.08. The van der Waals surface area contributed by atoms with Gasteiger partial charge in [0, 0.05) is 36.2 Å². The maximum atomic E-state index is 2.64. The quantitative estimate of drug-likeness (QED) is 0.735. The molecule has 2 heteroatoms. The first-order valence-electron chi connectivity index (χ1n) is 9.80. The van der Waals surface area contributed by atoms with Crippen molar-refractivity contribution in [2.75, 3.05) is 13.1 Å². The molecule has 0 radical (unpaired) electrons. The van der Waals surface area contributed by atoms with Crippen LogP contribution >= 0.6 is 0 Å². The molecule has 0 bridgehead atoms. The van der Waals surface area contributed by atoms with Crippen molar-refractivity contribution in [1.29, 1.82) is 0 Å². The Morgan fingerprint density at radius 2 is 1.80 bits per heavy atom. The van der Waals surface area contributed by atoms with E-state index in [0.717, 1.165) is 12.5 Å². The minimum atomic E-state index is 0.691. The number of fused-ring (bicyclic) bond motifs is 5. The third-order valence-electron chi connectivity index (χ3n) is 6.38. The molecule has 5 rings (SSSR count). The van der Waals surface area contributed by atoms with Gasteiger partial charge in [0.15, 0.2) is 0 Å².